The van der Waals surface area contributed by atoms with Crippen molar-refractivity contribution in [3.8, 4) is 0 Å². The molecular formula is C48H80FN17O11. The van der Waals surface area contributed by atoms with Gasteiger partial charge in [0.2, 0.25) is 35.4 Å². The van der Waals surface area contributed by atoms with E-state index >= 15 is 4.39 Å². The first-order valence-electron chi connectivity index (χ1n) is 25.6. The monoisotopic (exact) mass is 1090 g/mol. The summed E-state index contributed by atoms with van der Waals surface area (Å²) in [6.45, 7) is -0.423. The van der Waals surface area contributed by atoms with Gasteiger partial charge in [0.25, 0.3) is 11.8 Å². The number of likely N-dealkylation sites (tertiary alicyclic amines) is 1. The number of aliphatic hydroxyl groups excluding tert-OH is 1. The summed E-state index contributed by atoms with van der Waals surface area (Å²) in [6.07, 6.45) is 1.87. The molecule has 1 fully saturated rings. The molecule has 0 bridgehead atoms. The number of amides is 8. The summed E-state index contributed by atoms with van der Waals surface area (Å²) in [6, 6.07) is -2.71. The van der Waals surface area contributed by atoms with Gasteiger partial charge in [-0.1, -0.05) is 30.7 Å². The Balaban J connectivity index is 2.37. The van der Waals surface area contributed by atoms with Crippen molar-refractivity contribution in [3.05, 3.63) is 47.4 Å². The molecule has 1 heterocycles. The van der Waals surface area contributed by atoms with Crippen LogP contribution in [0, 0.1) is 5.82 Å². The number of aliphatic imine (C=N–C) groups is 2. The minimum absolute atomic E-state index is 0.00544. The van der Waals surface area contributed by atoms with Crippen molar-refractivity contribution in [3.63, 3.8) is 0 Å². The van der Waals surface area contributed by atoms with Crippen molar-refractivity contribution < 1.29 is 57.8 Å². The van der Waals surface area contributed by atoms with E-state index in [1.807, 2.05) is 0 Å². The number of guanidine groups is 1. The summed E-state index contributed by atoms with van der Waals surface area (Å²) in [4.78, 5) is 130. The van der Waals surface area contributed by atoms with Gasteiger partial charge in [-0.15, -0.1) is 0 Å². The van der Waals surface area contributed by atoms with Crippen molar-refractivity contribution in [2.24, 2.45) is 55.9 Å². The van der Waals surface area contributed by atoms with E-state index < -0.39 is 127 Å². The molecule has 2 rings (SSSR count). The Morgan fingerprint density at radius 2 is 1.38 bits per heavy atom. The number of aliphatic hydroxyl groups is 1. The zero-order chi connectivity index (χ0) is 57.5. The second-order valence-corrected chi connectivity index (χ2v) is 18.1. The van der Waals surface area contributed by atoms with Gasteiger partial charge in [0.15, 0.2) is 5.96 Å². The van der Waals surface area contributed by atoms with Gasteiger partial charge >= 0.3 is 5.97 Å². The first kappa shape index (κ1) is 66.1. The molecule has 0 aromatic heterocycles. The van der Waals surface area contributed by atoms with Gasteiger partial charge in [0.1, 0.15) is 47.4 Å². The topological polar surface area (TPSA) is 502 Å². The Labute approximate surface area is 446 Å². The van der Waals surface area contributed by atoms with Crippen LogP contribution in [0.3, 0.4) is 0 Å². The molecule has 1 aliphatic rings. The Kier molecular flexibility index (Phi) is 31.0. The summed E-state index contributed by atoms with van der Waals surface area (Å²) >= 11 is 0. The molecular weight excluding hydrogens is 1010 g/mol. The third-order valence-corrected chi connectivity index (χ3v) is 12.1. The number of nitrogens with two attached hydrogens (primary N) is 8. The lowest BCUT2D eigenvalue weighted by Gasteiger charge is -2.28. The minimum atomic E-state index is -1.61. The number of halogens is 1. The van der Waals surface area contributed by atoms with Crippen LogP contribution in [0.4, 0.5) is 4.39 Å². The molecule has 0 unspecified atom stereocenters. The molecule has 1 aromatic carbocycles. The maximum atomic E-state index is 15.1. The maximum absolute atomic E-state index is 15.1. The zero-order valence-corrected chi connectivity index (χ0v) is 43.4. The molecule has 0 radical (unpaired) electrons. The lowest BCUT2D eigenvalue weighted by molar-refractivity contribution is -0.137. The van der Waals surface area contributed by atoms with Crippen LogP contribution in [0.1, 0.15) is 89.0 Å². The van der Waals surface area contributed by atoms with E-state index in [9.17, 15) is 53.4 Å². The van der Waals surface area contributed by atoms with Crippen LogP contribution in [0.25, 0.3) is 0 Å². The van der Waals surface area contributed by atoms with Gasteiger partial charge < -0.3 is 92.9 Å². The molecule has 1 aromatic rings. The number of nitrogens with zero attached hydrogens (tertiary/aromatic N) is 3. The van der Waals surface area contributed by atoms with E-state index in [1.165, 1.54) is 24.3 Å². The smallest absolute Gasteiger partial charge is 0.352 e. The normalized spacial score (nSPS) is 15.9. The van der Waals surface area contributed by atoms with Gasteiger partial charge in [-0.2, -0.15) is 0 Å². The Morgan fingerprint density at radius 1 is 0.753 bits per heavy atom. The molecule has 430 valence electrons. The fraction of sp³-hybridized carbons (Fsp3) is 0.604. The average Bonchev–Trinajstić information content (AvgIpc) is 3.90. The molecule has 0 spiro atoms. The van der Waals surface area contributed by atoms with Gasteiger partial charge in [0.05, 0.1) is 18.7 Å². The number of carboxylic acids is 1. The van der Waals surface area contributed by atoms with Crippen LogP contribution in [-0.4, -0.2) is 175 Å². The predicted octanol–water partition coefficient (Wildman–Crippen LogP) is -5.49. The summed E-state index contributed by atoms with van der Waals surface area (Å²) in [5, 5.41) is 35.0. The van der Waals surface area contributed by atoms with Crippen molar-refractivity contribution in [2.75, 3.05) is 52.4 Å². The molecule has 29 heteroatoms. The van der Waals surface area contributed by atoms with Crippen molar-refractivity contribution in [2.45, 2.75) is 132 Å². The number of rotatable bonds is 36. The third-order valence-electron chi connectivity index (χ3n) is 12.1. The van der Waals surface area contributed by atoms with Gasteiger partial charge in [-0.05, 0) is 115 Å². The summed E-state index contributed by atoms with van der Waals surface area (Å²) in [5.74, 6) is -9.58. The molecule has 1 saturated heterocycles. The molecule has 28 nitrogen and oxygen atoms in total. The number of nitrogens with one attached hydrogen (secondary N) is 6. The first-order chi connectivity index (χ1) is 36.7. The van der Waals surface area contributed by atoms with Gasteiger partial charge in [-0.3, -0.25) is 43.3 Å². The van der Waals surface area contributed by atoms with Crippen LogP contribution in [0.5, 0.6) is 0 Å². The van der Waals surface area contributed by atoms with Crippen molar-refractivity contribution >= 4 is 64.9 Å². The lowest BCUT2D eigenvalue weighted by atomic mass is 10.0. The minimum Gasteiger partial charge on any atom is -0.477 e. The highest BCUT2D eigenvalue weighted by atomic mass is 19.1. The largest absolute Gasteiger partial charge is 0.477 e. The van der Waals surface area contributed by atoms with E-state index in [1.54, 1.807) is 0 Å². The van der Waals surface area contributed by atoms with E-state index in [0.29, 0.717) is 38.6 Å². The quantitative estimate of drug-likeness (QED) is 0.0129. The highest BCUT2D eigenvalue weighted by Gasteiger charge is 2.39. The van der Waals surface area contributed by atoms with Crippen molar-refractivity contribution in [1.29, 1.82) is 0 Å². The molecule has 77 heavy (non-hydrogen) atoms. The molecule has 1 aliphatic heterocycles. The number of unbranched alkanes of at least 4 members (excludes halogenated alkanes) is 2. The zero-order valence-electron chi connectivity index (χ0n) is 43.4. The Hall–Kier alpha value is -7.02. The SMILES string of the molecule is NCCCC[C@H](NC(=O)[C@H](Cc1ccccc1F)NC(=O)[C@@H]1CCCN1C(=O)C(CCCN)=NC(=O)CNC(=O)[C@H](CCCN)NC(=O)[C@@H](NC(=O)[C@@H](N)CCCCN)[C@@H](O)CN)C(=O)N/C(=C\CCN=C(N)N)C(=O)O. The molecule has 0 aliphatic carbocycles. The van der Waals surface area contributed by atoms with Crippen LogP contribution in [-0.2, 0) is 49.6 Å². The Bertz CT molecular complexity index is 2230. The van der Waals surface area contributed by atoms with E-state index in [0.717, 1.165) is 11.0 Å². The number of carboxylic acid groups (broad SMARTS) is 1. The van der Waals surface area contributed by atoms with E-state index in [4.69, 9.17) is 45.9 Å². The summed E-state index contributed by atoms with van der Waals surface area (Å²) in [7, 11) is 0. The van der Waals surface area contributed by atoms with Crippen LogP contribution >= 0.6 is 0 Å². The Morgan fingerprint density at radius 3 is 2.00 bits per heavy atom. The number of hydrogen-bond acceptors (Lipinski definition) is 17. The maximum Gasteiger partial charge on any atom is 0.352 e. The van der Waals surface area contributed by atoms with Crippen LogP contribution in [0.2, 0.25) is 0 Å². The second-order valence-electron chi connectivity index (χ2n) is 18.1. The summed E-state index contributed by atoms with van der Waals surface area (Å²) in [5.41, 5.74) is 44.0. The van der Waals surface area contributed by atoms with Crippen LogP contribution < -0.4 is 77.8 Å². The van der Waals surface area contributed by atoms with Crippen molar-refractivity contribution in [1.82, 2.24) is 36.8 Å². The van der Waals surface area contributed by atoms with Crippen LogP contribution in [0.15, 0.2) is 46.0 Å². The second kappa shape index (κ2) is 36.1. The van der Waals surface area contributed by atoms with E-state index in [2.05, 4.69) is 41.9 Å². The number of carbonyl (C=O) groups excluding carboxylic acids is 8. The number of hydrogen-bond donors (Lipinski definition) is 16. The van der Waals surface area contributed by atoms with E-state index in [-0.39, 0.29) is 101 Å². The number of carbonyl (C=O) groups is 9. The lowest BCUT2D eigenvalue weighted by Crippen LogP contribution is -2.60. The molecule has 0 saturated carbocycles. The summed E-state index contributed by atoms with van der Waals surface area (Å²) < 4.78 is 15.1. The first-order valence-corrected chi connectivity index (χ1v) is 25.6. The van der Waals surface area contributed by atoms with Gasteiger partial charge in [-0.25, -0.2) is 14.2 Å². The number of benzene rings is 1. The molecule has 7 atom stereocenters. The fourth-order valence-corrected chi connectivity index (χ4v) is 7.84. The molecule has 24 N–H and O–H groups in total. The fourth-order valence-electron chi connectivity index (χ4n) is 7.84. The third kappa shape index (κ3) is 23.8. The molecule has 8 amide bonds. The average molecular weight is 1090 g/mol. The predicted molar refractivity (Wildman–Crippen MR) is 283 cm³/mol. The number of aliphatic carboxylic acids is 1. The van der Waals surface area contributed by atoms with Gasteiger partial charge in [0, 0.05) is 26.1 Å². The highest BCUT2D eigenvalue weighted by Crippen LogP contribution is 2.20. The highest BCUT2D eigenvalue weighted by molar-refractivity contribution is 6.40. The standard InChI is InChI=1S/C48H80FN17O11/c49-29-12-2-1-11-28(29)25-35(43(72)61-32(14-4-6-20-51)42(71)63-34(47(76)77)17-9-23-58-48(56)57)64-44(73)36-18-10-24-66(36)46(75)33(16-8-22-53)60-38(68)27-59-41(70)31(15-7-21-52)62-45(74)39(37(67)26-54)65-40(69)30(55)13-3-5-19-50/h1-2,11-12,17,30-32,35-37,39,67H,3-10,13-16,18-27,50-55H2,(H,59,70)(H,61,72)(H,62,74)(H,63,71)(H,64,73)(H,65,69)(H,76,77)(H4,56,57,58)/b34-17-,60-33?/t30-,31-,32-,35-,36-,37-,39-/m0/s1.